The van der Waals surface area contributed by atoms with Crippen LogP contribution in [0.3, 0.4) is 0 Å². The van der Waals surface area contributed by atoms with Gasteiger partial charge in [0.15, 0.2) is 0 Å². The van der Waals surface area contributed by atoms with Crippen molar-refractivity contribution in [2.24, 2.45) is 0 Å². The summed E-state index contributed by atoms with van der Waals surface area (Å²) in [7, 11) is 0. The van der Waals surface area contributed by atoms with Gasteiger partial charge in [0, 0.05) is 4.47 Å². The van der Waals surface area contributed by atoms with E-state index in [0.717, 1.165) is 34.4 Å². The van der Waals surface area contributed by atoms with Gasteiger partial charge in [-0.05, 0) is 34.5 Å². The molecule has 3 nitrogen and oxygen atoms in total. The number of nitrogens with zero attached hydrogens (tertiary/aromatic N) is 2. The van der Waals surface area contributed by atoms with Crippen molar-refractivity contribution in [2.75, 3.05) is 5.73 Å². The van der Waals surface area contributed by atoms with Crippen molar-refractivity contribution in [3.05, 3.63) is 40.6 Å². The summed E-state index contributed by atoms with van der Waals surface area (Å²) in [4.78, 5) is 0. The summed E-state index contributed by atoms with van der Waals surface area (Å²) < 4.78 is 2.93. The molecule has 0 saturated carbocycles. The number of rotatable bonds is 3. The predicted octanol–water partition coefficient (Wildman–Crippen LogP) is 3.17. The highest BCUT2D eigenvalue weighted by Gasteiger charge is 2.10. The van der Waals surface area contributed by atoms with Crippen LogP contribution in [0.5, 0.6) is 0 Å². The SMILES string of the molecule is CCCc1c(N)cnn1-c1ccccc1Br. The minimum atomic E-state index is 0.762. The van der Waals surface area contributed by atoms with Crippen LogP contribution in [0.25, 0.3) is 5.69 Å². The van der Waals surface area contributed by atoms with E-state index in [0.29, 0.717) is 0 Å². The highest BCUT2D eigenvalue weighted by molar-refractivity contribution is 9.10. The van der Waals surface area contributed by atoms with Crippen molar-refractivity contribution in [1.29, 1.82) is 0 Å². The lowest BCUT2D eigenvalue weighted by Crippen LogP contribution is -2.04. The highest BCUT2D eigenvalue weighted by atomic mass is 79.9. The molecule has 0 atom stereocenters. The van der Waals surface area contributed by atoms with Crippen LogP contribution < -0.4 is 5.73 Å². The molecule has 0 spiro atoms. The summed E-state index contributed by atoms with van der Waals surface area (Å²) >= 11 is 3.53. The van der Waals surface area contributed by atoms with Gasteiger partial charge in [0.05, 0.1) is 23.3 Å². The first-order chi connectivity index (χ1) is 7.74. The maximum Gasteiger partial charge on any atom is 0.0791 e. The zero-order valence-corrected chi connectivity index (χ0v) is 10.7. The molecule has 1 aromatic carbocycles. The van der Waals surface area contributed by atoms with E-state index in [4.69, 9.17) is 5.73 Å². The van der Waals surface area contributed by atoms with Gasteiger partial charge >= 0.3 is 0 Å². The summed E-state index contributed by atoms with van der Waals surface area (Å²) in [6.07, 6.45) is 3.71. The zero-order chi connectivity index (χ0) is 11.5. The van der Waals surface area contributed by atoms with Crippen molar-refractivity contribution in [3.8, 4) is 5.69 Å². The van der Waals surface area contributed by atoms with Gasteiger partial charge in [-0.2, -0.15) is 5.10 Å². The maximum absolute atomic E-state index is 5.92. The third kappa shape index (κ3) is 1.97. The molecule has 1 heterocycles. The fourth-order valence-electron chi connectivity index (χ4n) is 1.70. The zero-order valence-electron chi connectivity index (χ0n) is 9.15. The Hall–Kier alpha value is -1.29. The van der Waals surface area contributed by atoms with Crippen molar-refractivity contribution in [1.82, 2.24) is 9.78 Å². The van der Waals surface area contributed by atoms with Crippen LogP contribution >= 0.6 is 15.9 Å². The molecular weight excluding hydrogens is 266 g/mol. The first-order valence-electron chi connectivity index (χ1n) is 5.31. The van der Waals surface area contributed by atoms with Crippen LogP contribution in [-0.2, 0) is 6.42 Å². The van der Waals surface area contributed by atoms with E-state index in [1.165, 1.54) is 0 Å². The molecule has 0 bridgehead atoms. The molecule has 0 aliphatic rings. The number of hydrogen-bond acceptors (Lipinski definition) is 2. The van der Waals surface area contributed by atoms with E-state index >= 15 is 0 Å². The standard InChI is InChI=1S/C12H14BrN3/c1-2-5-12-10(14)8-15-16(12)11-7-4-3-6-9(11)13/h3-4,6-8H,2,5,14H2,1H3. The van der Waals surface area contributed by atoms with Crippen LogP contribution in [0.4, 0.5) is 5.69 Å². The maximum atomic E-state index is 5.92. The Morgan fingerprint density at radius 3 is 2.81 bits per heavy atom. The Morgan fingerprint density at radius 2 is 2.12 bits per heavy atom. The van der Waals surface area contributed by atoms with Crippen LogP contribution in [0.1, 0.15) is 19.0 Å². The number of nitrogens with two attached hydrogens (primary N) is 1. The van der Waals surface area contributed by atoms with Gasteiger partial charge in [-0.15, -0.1) is 0 Å². The molecule has 1 aromatic heterocycles. The Bertz CT molecular complexity index is 491. The van der Waals surface area contributed by atoms with Gasteiger partial charge in [-0.1, -0.05) is 25.5 Å². The minimum Gasteiger partial charge on any atom is -0.396 e. The normalized spacial score (nSPS) is 10.6. The molecule has 0 radical (unpaired) electrons. The highest BCUT2D eigenvalue weighted by Crippen LogP contribution is 2.24. The van der Waals surface area contributed by atoms with Gasteiger partial charge in [-0.25, -0.2) is 4.68 Å². The number of aromatic nitrogens is 2. The monoisotopic (exact) mass is 279 g/mol. The molecule has 2 aromatic rings. The summed E-state index contributed by atoms with van der Waals surface area (Å²) in [5.41, 5.74) is 8.79. The third-order valence-electron chi connectivity index (χ3n) is 2.47. The summed E-state index contributed by atoms with van der Waals surface area (Å²) in [6.45, 7) is 2.14. The molecule has 4 heteroatoms. The second-order valence-electron chi connectivity index (χ2n) is 3.66. The number of nitrogen functional groups attached to an aromatic ring is 1. The molecule has 16 heavy (non-hydrogen) atoms. The Labute approximate surface area is 103 Å². The van der Waals surface area contributed by atoms with E-state index in [1.54, 1.807) is 6.20 Å². The lowest BCUT2D eigenvalue weighted by molar-refractivity contribution is 0.774. The van der Waals surface area contributed by atoms with Gasteiger partial charge < -0.3 is 5.73 Å². The molecule has 0 aliphatic heterocycles. The lowest BCUT2D eigenvalue weighted by Gasteiger charge is -2.09. The molecule has 0 saturated heterocycles. The van der Waals surface area contributed by atoms with Gasteiger partial charge in [-0.3, -0.25) is 0 Å². The van der Waals surface area contributed by atoms with Crippen molar-refractivity contribution in [3.63, 3.8) is 0 Å². The Morgan fingerprint density at radius 1 is 1.38 bits per heavy atom. The van der Waals surface area contributed by atoms with Crippen molar-refractivity contribution >= 4 is 21.6 Å². The molecule has 0 unspecified atom stereocenters. The van der Waals surface area contributed by atoms with E-state index in [2.05, 4.69) is 28.0 Å². The van der Waals surface area contributed by atoms with Gasteiger partial charge in [0.2, 0.25) is 0 Å². The molecule has 0 fully saturated rings. The van der Waals surface area contributed by atoms with Crippen LogP contribution in [0, 0.1) is 0 Å². The topological polar surface area (TPSA) is 43.8 Å². The second-order valence-corrected chi connectivity index (χ2v) is 4.51. The molecule has 84 valence electrons. The molecular formula is C12H14BrN3. The number of anilines is 1. The first-order valence-corrected chi connectivity index (χ1v) is 6.10. The van der Waals surface area contributed by atoms with Gasteiger partial charge in [0.1, 0.15) is 0 Å². The average Bonchev–Trinajstić information content (AvgIpc) is 2.62. The fraction of sp³-hybridized carbons (Fsp3) is 0.250. The Kier molecular flexibility index (Phi) is 3.29. The summed E-state index contributed by atoms with van der Waals surface area (Å²) in [5.74, 6) is 0. The first kappa shape index (κ1) is 11.2. The number of halogens is 1. The Balaban J connectivity index is 2.52. The molecule has 2 rings (SSSR count). The smallest absolute Gasteiger partial charge is 0.0791 e. The fourth-order valence-corrected chi connectivity index (χ4v) is 2.16. The largest absolute Gasteiger partial charge is 0.396 e. The van der Waals surface area contributed by atoms with E-state index in [9.17, 15) is 0 Å². The summed E-state index contributed by atoms with van der Waals surface area (Å²) in [6, 6.07) is 8.01. The van der Waals surface area contributed by atoms with Crippen molar-refractivity contribution in [2.45, 2.75) is 19.8 Å². The van der Waals surface area contributed by atoms with E-state index in [-0.39, 0.29) is 0 Å². The lowest BCUT2D eigenvalue weighted by atomic mass is 10.2. The van der Waals surface area contributed by atoms with E-state index < -0.39 is 0 Å². The predicted molar refractivity (Wildman–Crippen MR) is 69.7 cm³/mol. The number of hydrogen-bond donors (Lipinski definition) is 1. The summed E-state index contributed by atoms with van der Waals surface area (Å²) in [5, 5.41) is 4.33. The molecule has 2 N–H and O–H groups in total. The number of para-hydroxylation sites is 1. The quantitative estimate of drug-likeness (QED) is 0.938. The van der Waals surface area contributed by atoms with Crippen LogP contribution in [0.15, 0.2) is 34.9 Å². The van der Waals surface area contributed by atoms with Crippen LogP contribution in [-0.4, -0.2) is 9.78 Å². The number of benzene rings is 1. The molecule has 0 aliphatic carbocycles. The second kappa shape index (κ2) is 4.70. The third-order valence-corrected chi connectivity index (χ3v) is 3.14. The minimum absolute atomic E-state index is 0.762. The van der Waals surface area contributed by atoms with Crippen molar-refractivity contribution < 1.29 is 0 Å². The van der Waals surface area contributed by atoms with E-state index in [1.807, 2.05) is 28.9 Å². The van der Waals surface area contributed by atoms with Crippen LogP contribution in [0.2, 0.25) is 0 Å². The van der Waals surface area contributed by atoms with Gasteiger partial charge in [0.25, 0.3) is 0 Å². The average molecular weight is 280 g/mol. The molecule has 0 amide bonds.